The summed E-state index contributed by atoms with van der Waals surface area (Å²) in [6, 6.07) is 32.4. The van der Waals surface area contributed by atoms with E-state index in [1.54, 1.807) is 17.8 Å². The maximum absolute atomic E-state index is 12.0. The molecule has 3 nitrogen and oxygen atoms in total. The number of ether oxygens (including phenoxy) is 1. The highest BCUT2D eigenvalue weighted by molar-refractivity contribution is 7.99. The van der Waals surface area contributed by atoms with Gasteiger partial charge < -0.3 is 9.30 Å². The Balaban J connectivity index is 1.65. The molecule has 0 fully saturated rings. The Morgan fingerprint density at radius 2 is 1.62 bits per heavy atom. The van der Waals surface area contributed by atoms with E-state index >= 15 is 0 Å². The minimum absolute atomic E-state index is 0.342. The lowest BCUT2D eigenvalue weighted by atomic mass is 10.1. The van der Waals surface area contributed by atoms with Gasteiger partial charge in [0.2, 0.25) is 0 Å². The molecule has 5 heteroatoms. The smallest absolute Gasteiger partial charge is 0.337 e. The fourth-order valence-corrected chi connectivity index (χ4v) is 5.45. The van der Waals surface area contributed by atoms with Gasteiger partial charge in [-0.05, 0) is 60.5 Å². The Hall–Kier alpha value is -3.47. The number of halogens is 1. The fraction of sp³-hybridized carbons (Fsp3) is 0.0690. The van der Waals surface area contributed by atoms with E-state index in [0.29, 0.717) is 10.6 Å². The number of esters is 1. The van der Waals surface area contributed by atoms with Gasteiger partial charge >= 0.3 is 5.97 Å². The molecule has 5 rings (SSSR count). The highest BCUT2D eigenvalue weighted by Crippen LogP contribution is 2.41. The van der Waals surface area contributed by atoms with Crippen LogP contribution in [0.15, 0.2) is 107 Å². The molecule has 0 N–H and O–H groups in total. The molecular formula is C29H22ClNO2S. The summed E-state index contributed by atoms with van der Waals surface area (Å²) in [7, 11) is 1.40. The Labute approximate surface area is 207 Å². The van der Waals surface area contributed by atoms with E-state index in [1.165, 1.54) is 12.7 Å². The minimum atomic E-state index is -0.342. The summed E-state index contributed by atoms with van der Waals surface area (Å²) in [6.45, 7) is 2.12. The van der Waals surface area contributed by atoms with Crippen molar-refractivity contribution < 1.29 is 9.53 Å². The van der Waals surface area contributed by atoms with Gasteiger partial charge in [0.15, 0.2) is 0 Å². The average Bonchev–Trinajstić information content (AvgIpc) is 3.14. The summed E-state index contributed by atoms with van der Waals surface area (Å²) in [5, 5.41) is 1.80. The summed E-state index contributed by atoms with van der Waals surface area (Å²) in [6.07, 6.45) is 0. The number of aromatic nitrogens is 1. The quantitative estimate of drug-likeness (QED) is 0.236. The molecule has 1 heterocycles. The second-order valence-corrected chi connectivity index (χ2v) is 9.47. The largest absolute Gasteiger partial charge is 0.465 e. The highest BCUT2D eigenvalue weighted by atomic mass is 35.5. The third-order valence-corrected chi connectivity index (χ3v) is 7.24. The summed E-state index contributed by atoms with van der Waals surface area (Å²) in [4.78, 5) is 14.1. The van der Waals surface area contributed by atoms with Gasteiger partial charge in [0.05, 0.1) is 18.2 Å². The highest BCUT2D eigenvalue weighted by Gasteiger charge is 2.18. The number of hydrogen-bond acceptors (Lipinski definition) is 3. The molecule has 0 aliphatic carbocycles. The lowest BCUT2D eigenvalue weighted by Crippen LogP contribution is -2.00. The number of nitrogens with zero attached hydrogens (tertiary/aromatic N) is 1. The van der Waals surface area contributed by atoms with Crippen LogP contribution in [-0.4, -0.2) is 17.6 Å². The van der Waals surface area contributed by atoms with E-state index in [4.69, 9.17) is 16.3 Å². The molecule has 0 aliphatic rings. The molecule has 0 amide bonds. The number of hydrogen-bond donors (Lipinski definition) is 0. The van der Waals surface area contributed by atoms with Gasteiger partial charge in [-0.1, -0.05) is 78.0 Å². The third-order valence-electron chi connectivity index (χ3n) is 5.80. The zero-order valence-corrected chi connectivity index (χ0v) is 20.4. The molecule has 0 atom stereocenters. The van der Waals surface area contributed by atoms with E-state index < -0.39 is 0 Å². The predicted molar refractivity (Wildman–Crippen MR) is 140 cm³/mol. The first-order chi connectivity index (χ1) is 16.5. The molecule has 0 radical (unpaired) electrons. The van der Waals surface area contributed by atoms with E-state index in [1.807, 2.05) is 36.4 Å². The maximum Gasteiger partial charge on any atom is 0.337 e. The number of rotatable bonds is 5. The van der Waals surface area contributed by atoms with Crippen LogP contribution in [0.25, 0.3) is 27.7 Å². The normalized spacial score (nSPS) is 11.0. The van der Waals surface area contributed by atoms with E-state index in [0.717, 1.165) is 37.6 Å². The van der Waals surface area contributed by atoms with Crippen LogP contribution in [0.4, 0.5) is 0 Å². The Morgan fingerprint density at radius 3 is 2.41 bits per heavy atom. The molecule has 4 aromatic carbocycles. The van der Waals surface area contributed by atoms with E-state index in [9.17, 15) is 4.79 Å². The van der Waals surface area contributed by atoms with Crippen LogP contribution < -0.4 is 0 Å². The Kier molecular flexibility index (Phi) is 6.18. The van der Waals surface area contributed by atoms with Crippen molar-refractivity contribution in [1.82, 2.24) is 4.57 Å². The first-order valence-electron chi connectivity index (χ1n) is 10.9. The summed E-state index contributed by atoms with van der Waals surface area (Å²) in [5.41, 5.74) is 6.08. The molecule has 0 bridgehead atoms. The first-order valence-corrected chi connectivity index (χ1v) is 12.1. The standard InChI is InChI=1S/C29H22ClNO2S/c1-19-28(34-25-13-7-11-22(17-25)29(32)33-2)26-15-14-23(30)18-27(26)31(19)24-12-6-10-21(16-24)20-8-4-3-5-9-20/h3-18H,1-2H3. The molecule has 34 heavy (non-hydrogen) atoms. The van der Waals surface area contributed by atoms with Crippen molar-refractivity contribution in [3.63, 3.8) is 0 Å². The number of carbonyl (C=O) groups is 1. The van der Waals surface area contributed by atoms with Gasteiger partial charge in [0, 0.05) is 31.6 Å². The molecule has 5 aromatic rings. The van der Waals surface area contributed by atoms with E-state index in [-0.39, 0.29) is 5.97 Å². The topological polar surface area (TPSA) is 31.2 Å². The van der Waals surface area contributed by atoms with Crippen molar-refractivity contribution in [3.05, 3.63) is 113 Å². The molecular weight excluding hydrogens is 462 g/mol. The summed E-state index contributed by atoms with van der Waals surface area (Å²) >= 11 is 8.06. The molecule has 0 aliphatic heterocycles. The fourth-order valence-electron chi connectivity index (χ4n) is 4.20. The number of methoxy groups -OCH3 is 1. The lowest BCUT2D eigenvalue weighted by Gasteiger charge is -2.11. The third kappa shape index (κ3) is 4.23. The van der Waals surface area contributed by atoms with Crippen molar-refractivity contribution in [1.29, 1.82) is 0 Å². The van der Waals surface area contributed by atoms with Crippen LogP contribution in [0.5, 0.6) is 0 Å². The molecule has 0 saturated carbocycles. The van der Waals surface area contributed by atoms with Crippen LogP contribution in [0.3, 0.4) is 0 Å². The summed E-state index contributed by atoms with van der Waals surface area (Å²) in [5.74, 6) is -0.342. The minimum Gasteiger partial charge on any atom is -0.465 e. The number of benzene rings is 4. The monoisotopic (exact) mass is 483 g/mol. The Bertz CT molecular complexity index is 1510. The van der Waals surface area contributed by atoms with Gasteiger partial charge in [-0.2, -0.15) is 0 Å². The maximum atomic E-state index is 12.0. The SMILES string of the molecule is COC(=O)c1cccc(Sc2c(C)n(-c3cccc(-c4ccccc4)c3)c3cc(Cl)ccc23)c1. The second-order valence-electron chi connectivity index (χ2n) is 7.95. The van der Waals surface area contributed by atoms with Crippen LogP contribution >= 0.6 is 23.4 Å². The van der Waals surface area contributed by atoms with Crippen LogP contribution in [-0.2, 0) is 4.74 Å². The van der Waals surface area contributed by atoms with Crippen LogP contribution in [0.1, 0.15) is 16.1 Å². The Morgan fingerprint density at radius 1 is 0.853 bits per heavy atom. The van der Waals surface area contributed by atoms with Crippen molar-refractivity contribution in [2.45, 2.75) is 16.7 Å². The first kappa shape index (κ1) is 22.3. The second kappa shape index (κ2) is 9.41. The molecule has 1 aromatic heterocycles. The average molecular weight is 484 g/mol. The molecule has 0 saturated heterocycles. The van der Waals surface area contributed by atoms with Gasteiger partial charge in [-0.25, -0.2) is 4.79 Å². The number of carbonyl (C=O) groups excluding carboxylic acids is 1. The van der Waals surface area contributed by atoms with Gasteiger partial charge in [0.1, 0.15) is 0 Å². The van der Waals surface area contributed by atoms with Crippen molar-refractivity contribution in [2.24, 2.45) is 0 Å². The van der Waals surface area contributed by atoms with Crippen LogP contribution in [0, 0.1) is 6.92 Å². The number of fused-ring (bicyclic) bond motifs is 1. The zero-order chi connectivity index (χ0) is 23.7. The predicted octanol–water partition coefficient (Wildman–Crippen LogP) is 8.20. The van der Waals surface area contributed by atoms with Crippen molar-refractivity contribution in [3.8, 4) is 16.8 Å². The lowest BCUT2D eigenvalue weighted by molar-refractivity contribution is 0.0600. The zero-order valence-electron chi connectivity index (χ0n) is 18.8. The molecule has 0 spiro atoms. The molecule has 168 valence electrons. The van der Waals surface area contributed by atoms with Gasteiger partial charge in [0.25, 0.3) is 0 Å². The summed E-state index contributed by atoms with van der Waals surface area (Å²) < 4.78 is 7.14. The van der Waals surface area contributed by atoms with E-state index in [2.05, 4.69) is 66.1 Å². The van der Waals surface area contributed by atoms with Crippen molar-refractivity contribution in [2.75, 3.05) is 7.11 Å². The molecule has 0 unspecified atom stereocenters. The van der Waals surface area contributed by atoms with Crippen molar-refractivity contribution >= 4 is 40.2 Å². The van der Waals surface area contributed by atoms with Gasteiger partial charge in [-0.3, -0.25) is 0 Å². The van der Waals surface area contributed by atoms with Crippen LogP contribution in [0.2, 0.25) is 5.02 Å². The van der Waals surface area contributed by atoms with Gasteiger partial charge in [-0.15, -0.1) is 0 Å².